The second-order valence-electron chi connectivity index (χ2n) is 8.49. The Morgan fingerprint density at radius 3 is 2.79 bits per heavy atom. The summed E-state index contributed by atoms with van der Waals surface area (Å²) in [6, 6.07) is 14.6. The van der Waals surface area contributed by atoms with Gasteiger partial charge in [-0.2, -0.15) is 5.10 Å². The van der Waals surface area contributed by atoms with Crippen molar-refractivity contribution in [3.63, 3.8) is 0 Å². The lowest BCUT2D eigenvalue weighted by Crippen LogP contribution is -2.30. The summed E-state index contributed by atoms with van der Waals surface area (Å²) >= 11 is 3.72. The van der Waals surface area contributed by atoms with E-state index in [0.717, 1.165) is 39.1 Å². The Morgan fingerprint density at radius 2 is 2.00 bits per heavy atom. The van der Waals surface area contributed by atoms with E-state index in [1.165, 1.54) is 10.8 Å². The molecular formula is C25H25BrN4O2S. The van der Waals surface area contributed by atoms with E-state index in [1.807, 2.05) is 29.8 Å². The van der Waals surface area contributed by atoms with Gasteiger partial charge in [-0.3, -0.25) is 0 Å². The fourth-order valence-corrected chi connectivity index (χ4v) is 6.63. The van der Waals surface area contributed by atoms with Gasteiger partial charge < -0.3 is 0 Å². The Balaban J connectivity index is 1.54. The lowest BCUT2D eigenvalue weighted by atomic mass is 10.0. The van der Waals surface area contributed by atoms with Crippen LogP contribution in [0.3, 0.4) is 0 Å². The highest BCUT2D eigenvalue weighted by atomic mass is 79.9. The Labute approximate surface area is 202 Å². The van der Waals surface area contributed by atoms with Crippen molar-refractivity contribution < 1.29 is 8.42 Å². The molecule has 1 aliphatic heterocycles. The zero-order valence-electron chi connectivity index (χ0n) is 18.4. The molecule has 33 heavy (non-hydrogen) atoms. The number of nitrogens with zero attached hydrogens (tertiary/aromatic N) is 4. The van der Waals surface area contributed by atoms with E-state index in [9.17, 15) is 8.42 Å². The smallest absolute Gasteiger partial charge is 0.214 e. The number of aromatic nitrogens is 3. The summed E-state index contributed by atoms with van der Waals surface area (Å²) in [5.74, 6) is 0.130. The second-order valence-corrected chi connectivity index (χ2v) is 11.4. The Hall–Kier alpha value is -2.55. The van der Waals surface area contributed by atoms with Gasteiger partial charge in [-0.15, -0.1) is 6.58 Å². The SMILES string of the molecule is C=CCCS(=O)(=O)N1CCC(c2nc3c(-c4ccc5ccccc5c4)cnn3c(C)c2Br)C1. The number of hydrogen-bond acceptors (Lipinski definition) is 4. The van der Waals surface area contributed by atoms with Crippen molar-refractivity contribution in [2.75, 3.05) is 18.8 Å². The maximum atomic E-state index is 12.7. The summed E-state index contributed by atoms with van der Waals surface area (Å²) in [6.07, 6.45) is 4.71. The molecule has 2 aromatic carbocycles. The van der Waals surface area contributed by atoms with Crippen LogP contribution in [0.1, 0.15) is 30.1 Å². The van der Waals surface area contributed by atoms with Gasteiger partial charge >= 0.3 is 0 Å². The molecule has 5 rings (SSSR count). The summed E-state index contributed by atoms with van der Waals surface area (Å²) in [7, 11) is -3.29. The number of fused-ring (bicyclic) bond motifs is 2. The molecule has 1 fully saturated rings. The van der Waals surface area contributed by atoms with E-state index in [2.05, 4.69) is 57.9 Å². The predicted octanol–water partition coefficient (Wildman–Crippen LogP) is 5.32. The summed E-state index contributed by atoms with van der Waals surface area (Å²) in [6.45, 7) is 6.61. The summed E-state index contributed by atoms with van der Waals surface area (Å²) in [4.78, 5) is 5.03. The third-order valence-corrected chi connectivity index (χ3v) is 9.25. The molecule has 6 nitrogen and oxygen atoms in total. The molecule has 0 spiro atoms. The molecule has 0 radical (unpaired) electrons. The topological polar surface area (TPSA) is 67.6 Å². The van der Waals surface area contributed by atoms with Gasteiger partial charge in [-0.1, -0.05) is 42.5 Å². The average Bonchev–Trinajstić information content (AvgIpc) is 3.48. The van der Waals surface area contributed by atoms with Crippen LogP contribution in [-0.4, -0.2) is 46.2 Å². The van der Waals surface area contributed by atoms with E-state index < -0.39 is 10.0 Å². The number of benzene rings is 2. The first kappa shape index (κ1) is 22.3. The number of aryl methyl sites for hydroxylation is 1. The molecule has 0 amide bonds. The standard InChI is InChI=1S/C25H25BrN4O2S/c1-3-4-13-33(31,32)29-12-11-21(16-29)24-23(26)17(2)30-25(28-24)22(15-27-30)20-10-9-18-7-5-6-8-19(18)14-20/h3,5-10,14-15,21H,1,4,11-13,16H2,2H3. The van der Waals surface area contributed by atoms with Crippen molar-refractivity contribution in [2.45, 2.75) is 25.7 Å². The minimum atomic E-state index is -3.29. The molecule has 0 bridgehead atoms. The third-order valence-electron chi connectivity index (χ3n) is 6.40. The molecule has 2 aromatic heterocycles. The molecule has 170 valence electrons. The zero-order chi connectivity index (χ0) is 23.2. The van der Waals surface area contributed by atoms with Crippen LogP contribution in [0.15, 0.2) is 65.8 Å². The predicted molar refractivity (Wildman–Crippen MR) is 136 cm³/mol. The van der Waals surface area contributed by atoms with Crippen LogP contribution in [0.5, 0.6) is 0 Å². The fraction of sp³-hybridized carbons (Fsp3) is 0.280. The van der Waals surface area contributed by atoms with Crippen molar-refractivity contribution in [1.29, 1.82) is 0 Å². The molecule has 1 unspecified atom stereocenters. The quantitative estimate of drug-likeness (QED) is 0.320. The van der Waals surface area contributed by atoms with E-state index in [1.54, 1.807) is 10.4 Å². The minimum absolute atomic E-state index is 0.0286. The normalized spacial score (nSPS) is 17.2. The van der Waals surface area contributed by atoms with Crippen molar-refractivity contribution >= 4 is 42.4 Å². The van der Waals surface area contributed by atoms with Crippen molar-refractivity contribution in [3.05, 3.63) is 77.2 Å². The highest BCUT2D eigenvalue weighted by molar-refractivity contribution is 9.10. The van der Waals surface area contributed by atoms with Crippen molar-refractivity contribution in [2.24, 2.45) is 0 Å². The van der Waals surface area contributed by atoms with Gasteiger partial charge in [-0.25, -0.2) is 22.2 Å². The zero-order valence-corrected chi connectivity index (χ0v) is 20.8. The molecular weight excluding hydrogens is 500 g/mol. The van der Waals surface area contributed by atoms with E-state index in [0.29, 0.717) is 19.5 Å². The summed E-state index contributed by atoms with van der Waals surface area (Å²) < 4.78 is 29.7. The molecule has 8 heteroatoms. The number of halogens is 1. The maximum absolute atomic E-state index is 12.7. The fourth-order valence-electron chi connectivity index (χ4n) is 4.53. The molecule has 0 saturated carbocycles. The summed E-state index contributed by atoms with van der Waals surface area (Å²) in [5.41, 5.74) is 4.66. The molecule has 1 saturated heterocycles. The minimum Gasteiger partial charge on any atom is -0.231 e. The van der Waals surface area contributed by atoms with E-state index in [4.69, 9.17) is 4.98 Å². The molecule has 3 heterocycles. The highest BCUT2D eigenvalue weighted by Gasteiger charge is 2.34. The Bertz CT molecular complexity index is 1480. The van der Waals surface area contributed by atoms with E-state index >= 15 is 0 Å². The largest absolute Gasteiger partial charge is 0.231 e. The van der Waals surface area contributed by atoms with Gasteiger partial charge in [0.15, 0.2) is 5.65 Å². The lowest BCUT2D eigenvalue weighted by Gasteiger charge is -2.17. The first-order valence-corrected chi connectivity index (χ1v) is 13.4. The lowest BCUT2D eigenvalue weighted by molar-refractivity contribution is 0.472. The maximum Gasteiger partial charge on any atom is 0.214 e. The van der Waals surface area contributed by atoms with Gasteiger partial charge in [0.05, 0.1) is 27.8 Å². The second kappa shape index (κ2) is 8.66. The molecule has 4 aromatic rings. The molecule has 1 aliphatic rings. The van der Waals surface area contributed by atoms with Crippen LogP contribution in [0.4, 0.5) is 0 Å². The van der Waals surface area contributed by atoms with Gasteiger partial charge in [0.1, 0.15) is 0 Å². The molecule has 0 aliphatic carbocycles. The first-order valence-electron chi connectivity index (χ1n) is 11.0. The number of rotatable bonds is 6. The average molecular weight is 525 g/mol. The van der Waals surface area contributed by atoms with Gasteiger partial charge in [0.2, 0.25) is 10.0 Å². The monoisotopic (exact) mass is 524 g/mol. The van der Waals surface area contributed by atoms with Crippen LogP contribution >= 0.6 is 15.9 Å². The first-order chi connectivity index (χ1) is 15.9. The Kier molecular flexibility index (Phi) is 5.84. The van der Waals surface area contributed by atoms with Gasteiger partial charge in [0.25, 0.3) is 0 Å². The number of hydrogen-bond donors (Lipinski definition) is 0. The van der Waals surface area contributed by atoms with Crippen LogP contribution in [0.25, 0.3) is 27.5 Å². The summed E-state index contributed by atoms with van der Waals surface area (Å²) in [5, 5.41) is 6.95. The van der Waals surface area contributed by atoms with E-state index in [-0.39, 0.29) is 11.7 Å². The van der Waals surface area contributed by atoms with Gasteiger partial charge in [0, 0.05) is 24.6 Å². The molecule has 0 N–H and O–H groups in total. The highest BCUT2D eigenvalue weighted by Crippen LogP contribution is 2.36. The van der Waals surface area contributed by atoms with Crippen LogP contribution in [-0.2, 0) is 10.0 Å². The van der Waals surface area contributed by atoms with Crippen molar-refractivity contribution in [3.8, 4) is 11.1 Å². The van der Waals surface area contributed by atoms with Crippen LogP contribution in [0.2, 0.25) is 0 Å². The number of sulfonamides is 1. The van der Waals surface area contributed by atoms with Gasteiger partial charge in [-0.05, 0) is 58.1 Å². The Morgan fingerprint density at radius 1 is 1.21 bits per heavy atom. The van der Waals surface area contributed by atoms with Crippen LogP contribution < -0.4 is 0 Å². The number of allylic oxidation sites excluding steroid dienone is 1. The molecule has 1 atom stereocenters. The van der Waals surface area contributed by atoms with Crippen molar-refractivity contribution in [1.82, 2.24) is 18.9 Å². The third kappa shape index (κ3) is 4.00. The van der Waals surface area contributed by atoms with Crippen LogP contribution in [0, 0.1) is 6.92 Å².